The predicted molar refractivity (Wildman–Crippen MR) is 113 cm³/mol. The number of nitrogens with one attached hydrogen (secondary N) is 2. The maximum atomic E-state index is 13.0. The minimum Gasteiger partial charge on any atom is -0.497 e. The molecular formula is C20H25N3O5S. The first kappa shape index (κ1) is 22.2. The fraction of sp³-hybridized carbons (Fsp3) is 0.300. The third-order valence-electron chi connectivity index (χ3n) is 4.16. The van der Waals surface area contributed by atoms with Crippen molar-refractivity contribution in [2.75, 3.05) is 36.0 Å². The van der Waals surface area contributed by atoms with Crippen molar-refractivity contribution in [3.8, 4) is 5.75 Å². The molecule has 0 aliphatic carbocycles. The lowest BCUT2D eigenvalue weighted by Gasteiger charge is -2.22. The Morgan fingerprint density at radius 2 is 1.79 bits per heavy atom. The molecule has 0 bridgehead atoms. The number of carbonyl (C=O) groups is 2. The number of amides is 2. The highest BCUT2D eigenvalue weighted by Gasteiger charge is 2.21. The van der Waals surface area contributed by atoms with Gasteiger partial charge in [0.25, 0.3) is 5.91 Å². The van der Waals surface area contributed by atoms with Crippen LogP contribution in [0.2, 0.25) is 0 Å². The summed E-state index contributed by atoms with van der Waals surface area (Å²) >= 11 is 0. The molecule has 0 aliphatic rings. The van der Waals surface area contributed by atoms with Gasteiger partial charge in [-0.2, -0.15) is 0 Å². The number of nitrogens with zero attached hydrogens (tertiary/aromatic N) is 1. The summed E-state index contributed by atoms with van der Waals surface area (Å²) in [6.45, 7) is 3.35. The summed E-state index contributed by atoms with van der Waals surface area (Å²) in [7, 11) is -2.01. The Balaban J connectivity index is 2.15. The summed E-state index contributed by atoms with van der Waals surface area (Å²) in [5.41, 5.74) is 0.917. The second kappa shape index (κ2) is 9.92. The normalized spacial score (nSPS) is 10.9. The van der Waals surface area contributed by atoms with Crippen molar-refractivity contribution in [1.29, 1.82) is 0 Å². The van der Waals surface area contributed by atoms with Crippen LogP contribution in [-0.4, -0.2) is 51.1 Å². The highest BCUT2D eigenvalue weighted by atomic mass is 32.2. The van der Waals surface area contributed by atoms with Crippen LogP contribution in [0.5, 0.6) is 5.75 Å². The van der Waals surface area contributed by atoms with Gasteiger partial charge in [0, 0.05) is 18.3 Å². The fourth-order valence-corrected chi connectivity index (χ4v) is 3.23. The lowest BCUT2D eigenvalue weighted by molar-refractivity contribution is -0.116. The van der Waals surface area contributed by atoms with E-state index in [2.05, 4.69) is 10.0 Å². The van der Waals surface area contributed by atoms with Gasteiger partial charge in [0.1, 0.15) is 12.3 Å². The Morgan fingerprint density at radius 3 is 2.45 bits per heavy atom. The van der Waals surface area contributed by atoms with E-state index < -0.39 is 15.9 Å². The smallest absolute Gasteiger partial charge is 0.256 e. The van der Waals surface area contributed by atoms with Crippen LogP contribution in [0.3, 0.4) is 0 Å². The zero-order valence-electron chi connectivity index (χ0n) is 16.6. The highest BCUT2D eigenvalue weighted by molar-refractivity contribution is 7.92. The third kappa shape index (κ3) is 6.21. The number of rotatable bonds is 9. The standard InChI is InChI=1S/C20H25N3O5S/c1-4-23(14-19(24)21-15-9-8-10-16(13-15)28-3)20(25)17-11-6-7-12-18(17)22-29(26,27)5-2/h6-13,22H,4-5,14H2,1-3H3,(H,21,24). The second-order valence-corrected chi connectivity index (χ2v) is 8.16. The summed E-state index contributed by atoms with van der Waals surface area (Å²) in [5, 5.41) is 2.73. The largest absolute Gasteiger partial charge is 0.497 e. The Hall–Kier alpha value is -3.07. The first-order chi connectivity index (χ1) is 13.8. The number of methoxy groups -OCH3 is 1. The molecule has 2 amide bonds. The average Bonchev–Trinajstić information content (AvgIpc) is 2.71. The van der Waals surface area contributed by atoms with Gasteiger partial charge >= 0.3 is 0 Å². The Kier molecular flexibility index (Phi) is 7.60. The van der Waals surface area contributed by atoms with Crippen molar-refractivity contribution in [1.82, 2.24) is 4.90 Å². The topological polar surface area (TPSA) is 105 Å². The van der Waals surface area contributed by atoms with Crippen molar-refractivity contribution < 1.29 is 22.7 Å². The van der Waals surface area contributed by atoms with E-state index in [0.29, 0.717) is 11.4 Å². The molecule has 29 heavy (non-hydrogen) atoms. The lowest BCUT2D eigenvalue weighted by atomic mass is 10.1. The molecule has 0 atom stereocenters. The molecule has 0 aliphatic heterocycles. The maximum Gasteiger partial charge on any atom is 0.256 e. The molecule has 2 N–H and O–H groups in total. The Morgan fingerprint density at radius 1 is 1.07 bits per heavy atom. The fourth-order valence-electron chi connectivity index (χ4n) is 2.57. The van der Waals surface area contributed by atoms with E-state index in [1.165, 1.54) is 31.1 Å². The molecule has 8 nitrogen and oxygen atoms in total. The Bertz CT molecular complexity index is 976. The SMILES string of the molecule is CCN(CC(=O)Nc1cccc(OC)c1)C(=O)c1ccccc1NS(=O)(=O)CC. The lowest BCUT2D eigenvalue weighted by Crippen LogP contribution is -2.38. The number of anilines is 2. The van der Waals surface area contributed by atoms with Crippen LogP contribution < -0.4 is 14.8 Å². The number of carbonyl (C=O) groups excluding carboxylic acids is 2. The second-order valence-electron chi connectivity index (χ2n) is 6.15. The van der Waals surface area contributed by atoms with E-state index in [0.717, 1.165) is 0 Å². The van der Waals surface area contributed by atoms with Gasteiger partial charge in [-0.3, -0.25) is 14.3 Å². The van der Waals surface area contributed by atoms with Crippen LogP contribution in [0.15, 0.2) is 48.5 Å². The van der Waals surface area contributed by atoms with Crippen molar-refractivity contribution >= 4 is 33.2 Å². The average molecular weight is 420 g/mol. The van der Waals surface area contributed by atoms with Crippen LogP contribution in [-0.2, 0) is 14.8 Å². The summed E-state index contributed by atoms with van der Waals surface area (Å²) in [5.74, 6) is -0.332. The molecule has 0 saturated carbocycles. The quantitative estimate of drug-likeness (QED) is 0.650. The number of likely N-dealkylation sites (N-methyl/N-ethyl adjacent to an activating group) is 1. The van der Waals surface area contributed by atoms with E-state index in [1.54, 1.807) is 43.3 Å². The van der Waals surface area contributed by atoms with Crippen molar-refractivity contribution in [2.45, 2.75) is 13.8 Å². The molecule has 0 radical (unpaired) electrons. The van der Waals surface area contributed by atoms with Gasteiger partial charge in [0.05, 0.1) is 24.1 Å². The third-order valence-corrected chi connectivity index (χ3v) is 5.45. The molecule has 0 fully saturated rings. The van der Waals surface area contributed by atoms with E-state index >= 15 is 0 Å². The number of ether oxygens (including phenoxy) is 1. The molecular weight excluding hydrogens is 394 g/mol. The summed E-state index contributed by atoms with van der Waals surface area (Å²) < 4.78 is 31.3. The Labute approximate surface area is 170 Å². The first-order valence-corrected chi connectivity index (χ1v) is 10.8. The zero-order valence-corrected chi connectivity index (χ0v) is 17.5. The van der Waals surface area contributed by atoms with Crippen LogP contribution in [0.1, 0.15) is 24.2 Å². The van der Waals surface area contributed by atoms with Crippen LogP contribution in [0.25, 0.3) is 0 Å². The van der Waals surface area contributed by atoms with Crippen molar-refractivity contribution in [3.63, 3.8) is 0 Å². The molecule has 0 unspecified atom stereocenters. The molecule has 0 saturated heterocycles. The monoisotopic (exact) mass is 419 g/mol. The summed E-state index contributed by atoms with van der Waals surface area (Å²) in [4.78, 5) is 26.7. The van der Waals surface area contributed by atoms with Crippen LogP contribution >= 0.6 is 0 Å². The molecule has 0 heterocycles. The van der Waals surface area contributed by atoms with Gasteiger partial charge < -0.3 is 15.0 Å². The predicted octanol–water partition coefficient (Wildman–Crippen LogP) is 2.56. The molecule has 0 spiro atoms. The molecule has 0 aromatic heterocycles. The first-order valence-electron chi connectivity index (χ1n) is 9.12. The molecule has 2 aromatic rings. The summed E-state index contributed by atoms with van der Waals surface area (Å²) in [6, 6.07) is 13.2. The molecule has 156 valence electrons. The highest BCUT2D eigenvalue weighted by Crippen LogP contribution is 2.20. The van der Waals surface area contributed by atoms with Crippen LogP contribution in [0.4, 0.5) is 11.4 Å². The van der Waals surface area contributed by atoms with Gasteiger partial charge in [0.2, 0.25) is 15.9 Å². The van der Waals surface area contributed by atoms with Gasteiger partial charge in [-0.05, 0) is 38.1 Å². The molecule has 9 heteroatoms. The zero-order chi connectivity index (χ0) is 21.4. The van der Waals surface area contributed by atoms with Gasteiger partial charge in [-0.15, -0.1) is 0 Å². The van der Waals surface area contributed by atoms with Crippen molar-refractivity contribution in [3.05, 3.63) is 54.1 Å². The van der Waals surface area contributed by atoms with E-state index in [1.807, 2.05) is 0 Å². The molecule has 2 rings (SSSR count). The minimum atomic E-state index is -3.54. The number of hydrogen-bond acceptors (Lipinski definition) is 5. The van der Waals surface area contributed by atoms with E-state index in [9.17, 15) is 18.0 Å². The number of sulfonamides is 1. The number of hydrogen-bond donors (Lipinski definition) is 2. The van der Waals surface area contributed by atoms with E-state index in [4.69, 9.17) is 4.74 Å². The number of benzene rings is 2. The minimum absolute atomic E-state index is 0.115. The van der Waals surface area contributed by atoms with Gasteiger partial charge in [-0.1, -0.05) is 18.2 Å². The maximum absolute atomic E-state index is 13.0. The number of para-hydroxylation sites is 1. The molecule has 2 aromatic carbocycles. The van der Waals surface area contributed by atoms with Crippen LogP contribution in [0, 0.1) is 0 Å². The van der Waals surface area contributed by atoms with E-state index in [-0.39, 0.29) is 36.0 Å². The summed E-state index contributed by atoms with van der Waals surface area (Å²) in [6.07, 6.45) is 0. The van der Waals surface area contributed by atoms with Gasteiger partial charge in [-0.25, -0.2) is 8.42 Å². The van der Waals surface area contributed by atoms with Crippen molar-refractivity contribution in [2.24, 2.45) is 0 Å². The van der Waals surface area contributed by atoms with Gasteiger partial charge in [0.15, 0.2) is 0 Å².